The number of furan rings is 1. The maximum absolute atomic E-state index is 6.47. The van der Waals surface area contributed by atoms with Crippen molar-refractivity contribution in [3.63, 3.8) is 0 Å². The quantitative estimate of drug-likeness (QED) is 0.178. The molecule has 0 aliphatic heterocycles. The fourth-order valence-electron chi connectivity index (χ4n) is 8.01. The molecule has 0 unspecified atom stereocenters. The van der Waals surface area contributed by atoms with Crippen LogP contribution in [0.2, 0.25) is 0 Å². The minimum absolute atomic E-state index is 0.896. The number of benzene rings is 9. The van der Waals surface area contributed by atoms with Crippen molar-refractivity contribution in [1.82, 2.24) is 0 Å². The summed E-state index contributed by atoms with van der Waals surface area (Å²) in [6.45, 7) is 0. The number of hydrogen-bond donors (Lipinski definition) is 0. The third-order valence-corrected chi connectivity index (χ3v) is 11.8. The highest BCUT2D eigenvalue weighted by atomic mass is 32.1. The SMILES string of the molecule is c1ccc(-c2ccc3oc4ccc5ccc(N(c6ccc(-c7ccc8ccccc8c7)cc6)c6ccc7c(c6)sc6ccccc67)cc5c4c3c2)cc1. The van der Waals surface area contributed by atoms with Gasteiger partial charge in [0.05, 0.1) is 0 Å². The Labute approximate surface area is 310 Å². The first-order chi connectivity index (χ1) is 26.2. The zero-order chi connectivity index (χ0) is 34.9. The Bertz CT molecular complexity index is 3170. The van der Waals surface area contributed by atoms with Gasteiger partial charge < -0.3 is 9.32 Å². The fraction of sp³-hybridized carbons (Fsp3) is 0. The molecular weight excluding hydrogens is 663 g/mol. The highest BCUT2D eigenvalue weighted by molar-refractivity contribution is 7.25. The van der Waals surface area contributed by atoms with Crippen molar-refractivity contribution in [3.8, 4) is 22.3 Å². The van der Waals surface area contributed by atoms with Crippen LogP contribution in [0, 0.1) is 0 Å². The monoisotopic (exact) mass is 693 g/mol. The molecule has 11 rings (SSSR count). The molecule has 2 heterocycles. The standard InChI is InChI=1S/C50H31NOS/c1-2-8-32(9-3-1)38-20-26-46-45(29-38)50-44-30-40(23-18-35(44)19-27-47(50)52-46)51(41-24-25-43-42-12-6-7-13-48(42)53-49(43)31-41)39-21-16-34(17-22-39)37-15-14-33-10-4-5-11-36(33)28-37/h1-31H. The minimum atomic E-state index is 0.896. The van der Waals surface area contributed by atoms with E-state index in [0.29, 0.717) is 0 Å². The molecule has 2 aromatic heterocycles. The summed E-state index contributed by atoms with van der Waals surface area (Å²) in [5.74, 6) is 0. The summed E-state index contributed by atoms with van der Waals surface area (Å²) >= 11 is 1.85. The molecule has 0 spiro atoms. The Balaban J connectivity index is 1.10. The summed E-state index contributed by atoms with van der Waals surface area (Å²) in [6, 6.07) is 68.1. The Morgan fingerprint density at radius 2 is 0.962 bits per heavy atom. The van der Waals surface area contributed by atoms with E-state index in [4.69, 9.17) is 4.42 Å². The number of rotatable bonds is 5. The lowest BCUT2D eigenvalue weighted by atomic mass is 9.99. The van der Waals surface area contributed by atoms with Crippen LogP contribution in [0.4, 0.5) is 17.1 Å². The van der Waals surface area contributed by atoms with Gasteiger partial charge in [0.2, 0.25) is 0 Å². The van der Waals surface area contributed by atoms with Gasteiger partial charge in [-0.25, -0.2) is 0 Å². The van der Waals surface area contributed by atoms with E-state index in [0.717, 1.165) is 39.0 Å². The van der Waals surface area contributed by atoms with Gasteiger partial charge in [0.25, 0.3) is 0 Å². The summed E-state index contributed by atoms with van der Waals surface area (Å²) in [5.41, 5.74) is 9.89. The first-order valence-corrected chi connectivity index (χ1v) is 18.8. The highest BCUT2D eigenvalue weighted by Crippen LogP contribution is 2.44. The van der Waals surface area contributed by atoms with Crippen molar-refractivity contribution < 1.29 is 4.42 Å². The van der Waals surface area contributed by atoms with Gasteiger partial charge in [-0.15, -0.1) is 11.3 Å². The lowest BCUT2D eigenvalue weighted by Gasteiger charge is -2.26. The van der Waals surface area contributed by atoms with Crippen molar-refractivity contribution in [2.75, 3.05) is 4.90 Å². The molecule has 9 aromatic carbocycles. The second-order valence-corrected chi connectivity index (χ2v) is 14.8. The second-order valence-electron chi connectivity index (χ2n) is 13.7. The van der Waals surface area contributed by atoms with Gasteiger partial charge in [-0.3, -0.25) is 0 Å². The molecule has 0 saturated heterocycles. The lowest BCUT2D eigenvalue weighted by Crippen LogP contribution is -2.09. The van der Waals surface area contributed by atoms with Crippen molar-refractivity contribution in [2.45, 2.75) is 0 Å². The van der Waals surface area contributed by atoms with Crippen LogP contribution in [0.5, 0.6) is 0 Å². The van der Waals surface area contributed by atoms with Gasteiger partial charge >= 0.3 is 0 Å². The first-order valence-electron chi connectivity index (χ1n) is 18.0. The van der Waals surface area contributed by atoms with Crippen LogP contribution in [-0.2, 0) is 0 Å². The molecule has 0 atom stereocenters. The van der Waals surface area contributed by atoms with Crippen molar-refractivity contribution in [1.29, 1.82) is 0 Å². The molecule has 248 valence electrons. The van der Waals surface area contributed by atoms with Crippen LogP contribution < -0.4 is 4.90 Å². The normalized spacial score (nSPS) is 11.8. The average molecular weight is 694 g/mol. The van der Waals surface area contributed by atoms with Crippen LogP contribution in [-0.4, -0.2) is 0 Å². The molecule has 3 heteroatoms. The van der Waals surface area contributed by atoms with E-state index >= 15 is 0 Å². The van der Waals surface area contributed by atoms with E-state index in [1.165, 1.54) is 64.0 Å². The van der Waals surface area contributed by atoms with E-state index in [2.05, 4.69) is 193 Å². The Hall–Kier alpha value is -6.68. The van der Waals surface area contributed by atoms with Crippen molar-refractivity contribution in [2.24, 2.45) is 0 Å². The van der Waals surface area contributed by atoms with Crippen molar-refractivity contribution in [3.05, 3.63) is 188 Å². The number of anilines is 3. The molecule has 0 amide bonds. The molecule has 2 nitrogen and oxygen atoms in total. The molecular formula is C50H31NOS. The predicted molar refractivity (Wildman–Crippen MR) is 227 cm³/mol. The second kappa shape index (κ2) is 11.9. The summed E-state index contributed by atoms with van der Waals surface area (Å²) < 4.78 is 9.05. The Morgan fingerprint density at radius 3 is 1.87 bits per heavy atom. The van der Waals surface area contributed by atoms with Gasteiger partial charge in [0, 0.05) is 48.0 Å². The van der Waals surface area contributed by atoms with Crippen molar-refractivity contribution >= 4 is 92.1 Å². The molecule has 0 aliphatic carbocycles. The van der Waals surface area contributed by atoms with Crippen LogP contribution >= 0.6 is 11.3 Å². The highest BCUT2D eigenvalue weighted by Gasteiger charge is 2.18. The van der Waals surface area contributed by atoms with E-state index < -0.39 is 0 Å². The molecule has 0 bridgehead atoms. The van der Waals surface area contributed by atoms with E-state index in [1.54, 1.807) is 0 Å². The Kier molecular flexibility index (Phi) is 6.76. The predicted octanol–water partition coefficient (Wildman–Crippen LogP) is 15.1. The zero-order valence-corrected chi connectivity index (χ0v) is 29.5. The fourth-order valence-corrected chi connectivity index (χ4v) is 9.14. The number of fused-ring (bicyclic) bond motifs is 9. The number of thiophene rings is 1. The topological polar surface area (TPSA) is 16.4 Å². The zero-order valence-electron chi connectivity index (χ0n) is 28.7. The minimum Gasteiger partial charge on any atom is -0.456 e. The average Bonchev–Trinajstić information content (AvgIpc) is 3.79. The van der Waals surface area contributed by atoms with E-state index in [1.807, 2.05) is 11.3 Å². The molecule has 0 fully saturated rings. The van der Waals surface area contributed by atoms with Crippen LogP contribution in [0.3, 0.4) is 0 Å². The van der Waals surface area contributed by atoms with Gasteiger partial charge in [0.1, 0.15) is 11.2 Å². The largest absolute Gasteiger partial charge is 0.456 e. The smallest absolute Gasteiger partial charge is 0.136 e. The Morgan fingerprint density at radius 1 is 0.340 bits per heavy atom. The van der Waals surface area contributed by atoms with Crippen LogP contribution in [0.15, 0.2) is 192 Å². The third-order valence-electron chi connectivity index (χ3n) is 10.6. The number of nitrogens with zero attached hydrogens (tertiary/aromatic N) is 1. The van der Waals surface area contributed by atoms with E-state index in [9.17, 15) is 0 Å². The molecule has 0 radical (unpaired) electrons. The molecule has 0 aliphatic rings. The molecule has 11 aromatic rings. The van der Waals surface area contributed by atoms with Gasteiger partial charge in [0.15, 0.2) is 0 Å². The van der Waals surface area contributed by atoms with E-state index in [-0.39, 0.29) is 0 Å². The first kappa shape index (κ1) is 30.0. The molecule has 0 N–H and O–H groups in total. The summed E-state index contributed by atoms with van der Waals surface area (Å²) in [6.07, 6.45) is 0. The van der Waals surface area contributed by atoms with Gasteiger partial charge in [-0.05, 0) is 111 Å². The summed E-state index contributed by atoms with van der Waals surface area (Å²) in [7, 11) is 0. The van der Waals surface area contributed by atoms with Crippen LogP contribution in [0.25, 0.3) is 85.9 Å². The molecule has 53 heavy (non-hydrogen) atoms. The molecule has 0 saturated carbocycles. The number of hydrogen-bond acceptors (Lipinski definition) is 3. The third kappa shape index (κ3) is 5.01. The van der Waals surface area contributed by atoms with Crippen LogP contribution in [0.1, 0.15) is 0 Å². The van der Waals surface area contributed by atoms with Gasteiger partial charge in [-0.1, -0.05) is 121 Å². The maximum Gasteiger partial charge on any atom is 0.136 e. The lowest BCUT2D eigenvalue weighted by molar-refractivity contribution is 0.669. The summed E-state index contributed by atoms with van der Waals surface area (Å²) in [5, 5.41) is 9.72. The summed E-state index contributed by atoms with van der Waals surface area (Å²) in [4.78, 5) is 2.39. The van der Waals surface area contributed by atoms with Gasteiger partial charge in [-0.2, -0.15) is 0 Å². The maximum atomic E-state index is 6.47.